The molecule has 2 aromatic heterocycles. The molecule has 2 saturated carbocycles. The van der Waals surface area contributed by atoms with Gasteiger partial charge in [0.25, 0.3) is 0 Å². The van der Waals surface area contributed by atoms with Crippen molar-refractivity contribution < 1.29 is 22.0 Å². The van der Waals surface area contributed by atoms with E-state index in [-0.39, 0.29) is 30.3 Å². The van der Waals surface area contributed by atoms with Gasteiger partial charge in [0.2, 0.25) is 5.92 Å². The number of halogens is 5. The van der Waals surface area contributed by atoms with E-state index in [2.05, 4.69) is 26.9 Å². The van der Waals surface area contributed by atoms with Gasteiger partial charge < -0.3 is 0 Å². The molecule has 2 aromatic rings. The Morgan fingerprint density at radius 3 is 2.29 bits per heavy atom. The van der Waals surface area contributed by atoms with Crippen molar-refractivity contribution in [2.24, 2.45) is 17.8 Å². The molecule has 4 nitrogen and oxygen atoms in total. The molecule has 4 rings (SSSR count). The van der Waals surface area contributed by atoms with Crippen molar-refractivity contribution in [3.63, 3.8) is 0 Å². The van der Waals surface area contributed by atoms with Crippen LogP contribution >= 0.6 is 0 Å². The van der Waals surface area contributed by atoms with Crippen molar-refractivity contribution in [2.45, 2.75) is 70.4 Å². The van der Waals surface area contributed by atoms with E-state index in [4.69, 9.17) is 0 Å². The van der Waals surface area contributed by atoms with Crippen molar-refractivity contribution in [2.75, 3.05) is 0 Å². The van der Waals surface area contributed by atoms with E-state index in [1.807, 2.05) is 0 Å². The standard InChI is InChI=1S/C22H25F5N4/c1-13(15-5-6-15)11-18-29-19(12-14-7-9-21(23,24)10-8-14)31-20(30-18)16-3-2-4-17(28-16)22(25,26)27/h2-4,13-15H,5-12H2,1H3/t13-/m0/s1. The molecule has 9 heteroatoms. The van der Waals surface area contributed by atoms with Crippen molar-refractivity contribution in [1.82, 2.24) is 19.9 Å². The Labute approximate surface area is 177 Å². The summed E-state index contributed by atoms with van der Waals surface area (Å²) in [6.07, 6.45) is -0.776. The highest BCUT2D eigenvalue weighted by atomic mass is 19.4. The third-order valence-electron chi connectivity index (χ3n) is 6.24. The van der Waals surface area contributed by atoms with Crippen molar-refractivity contribution in [1.29, 1.82) is 0 Å². The molecular formula is C22H25F5N4. The normalized spacial score (nSPS) is 20.6. The second-order valence-electron chi connectivity index (χ2n) is 8.92. The number of alkyl halides is 5. The zero-order valence-electron chi connectivity index (χ0n) is 17.3. The summed E-state index contributed by atoms with van der Waals surface area (Å²) in [5.41, 5.74) is -0.969. The van der Waals surface area contributed by atoms with Gasteiger partial charge in [0.15, 0.2) is 5.82 Å². The second kappa shape index (κ2) is 8.39. The van der Waals surface area contributed by atoms with Crippen LogP contribution in [0.3, 0.4) is 0 Å². The molecule has 2 aliphatic carbocycles. The molecule has 0 aliphatic heterocycles. The molecule has 2 fully saturated rings. The quantitative estimate of drug-likeness (QED) is 0.524. The predicted molar refractivity (Wildman–Crippen MR) is 104 cm³/mol. The number of hydrogen-bond acceptors (Lipinski definition) is 4. The second-order valence-corrected chi connectivity index (χ2v) is 8.92. The minimum atomic E-state index is -4.57. The number of hydrogen-bond donors (Lipinski definition) is 0. The van der Waals surface area contributed by atoms with Crippen LogP contribution < -0.4 is 0 Å². The molecule has 0 bridgehead atoms. The largest absolute Gasteiger partial charge is 0.433 e. The average Bonchev–Trinajstić information content (AvgIpc) is 3.54. The fourth-order valence-electron chi connectivity index (χ4n) is 4.16. The van der Waals surface area contributed by atoms with Crippen LogP contribution in [0.15, 0.2) is 18.2 Å². The third-order valence-corrected chi connectivity index (χ3v) is 6.24. The Morgan fingerprint density at radius 1 is 0.968 bits per heavy atom. The Kier molecular flexibility index (Phi) is 5.96. The van der Waals surface area contributed by atoms with Crippen LogP contribution in [0.1, 0.15) is 62.8 Å². The van der Waals surface area contributed by atoms with Gasteiger partial charge in [-0.05, 0) is 55.6 Å². The van der Waals surface area contributed by atoms with Gasteiger partial charge in [-0.1, -0.05) is 13.0 Å². The lowest BCUT2D eigenvalue weighted by molar-refractivity contribution is -0.141. The van der Waals surface area contributed by atoms with Gasteiger partial charge in [0.05, 0.1) is 0 Å². The maximum absolute atomic E-state index is 13.5. The van der Waals surface area contributed by atoms with Crippen molar-refractivity contribution in [3.05, 3.63) is 35.5 Å². The van der Waals surface area contributed by atoms with E-state index in [0.717, 1.165) is 18.9 Å². The van der Waals surface area contributed by atoms with Crippen LogP contribution in [-0.4, -0.2) is 25.9 Å². The van der Waals surface area contributed by atoms with Crippen LogP contribution in [-0.2, 0) is 19.0 Å². The summed E-state index contributed by atoms with van der Waals surface area (Å²) in [5.74, 6) is -0.527. The Bertz CT molecular complexity index is 916. The molecule has 0 radical (unpaired) electrons. The molecule has 0 amide bonds. The third kappa shape index (κ3) is 5.74. The maximum atomic E-state index is 13.5. The highest BCUT2D eigenvalue weighted by Crippen LogP contribution is 2.39. The fraction of sp³-hybridized carbons (Fsp3) is 0.636. The highest BCUT2D eigenvalue weighted by Gasteiger charge is 2.36. The first-order valence-electron chi connectivity index (χ1n) is 10.8. The molecule has 0 unspecified atom stereocenters. The summed E-state index contributed by atoms with van der Waals surface area (Å²) < 4.78 is 66.3. The lowest BCUT2D eigenvalue weighted by Crippen LogP contribution is -2.26. The van der Waals surface area contributed by atoms with Gasteiger partial charge in [-0.3, -0.25) is 0 Å². The number of nitrogens with zero attached hydrogens (tertiary/aromatic N) is 4. The lowest BCUT2D eigenvalue weighted by atomic mass is 9.84. The van der Waals surface area contributed by atoms with Gasteiger partial charge in [0.1, 0.15) is 23.0 Å². The molecule has 31 heavy (non-hydrogen) atoms. The first-order chi connectivity index (χ1) is 14.6. The number of aromatic nitrogens is 4. The minimum Gasteiger partial charge on any atom is -0.240 e. The molecule has 0 spiro atoms. The van der Waals surface area contributed by atoms with E-state index >= 15 is 0 Å². The van der Waals surface area contributed by atoms with E-state index in [1.54, 1.807) is 0 Å². The molecule has 2 heterocycles. The van der Waals surface area contributed by atoms with E-state index < -0.39 is 17.8 Å². The van der Waals surface area contributed by atoms with E-state index in [9.17, 15) is 22.0 Å². The van der Waals surface area contributed by atoms with Gasteiger partial charge in [-0.15, -0.1) is 0 Å². The zero-order chi connectivity index (χ0) is 22.2. The molecule has 1 atom stereocenters. The lowest BCUT2D eigenvalue weighted by Gasteiger charge is -2.27. The van der Waals surface area contributed by atoms with Gasteiger partial charge in [-0.25, -0.2) is 28.7 Å². The SMILES string of the molecule is C[C@@H](Cc1nc(CC2CCC(F)(F)CC2)nc(-c2cccc(C(F)(F)F)n2)n1)C1CC1. The molecule has 2 aliphatic rings. The van der Waals surface area contributed by atoms with E-state index in [1.165, 1.54) is 12.1 Å². The van der Waals surface area contributed by atoms with Gasteiger partial charge in [-0.2, -0.15) is 13.2 Å². The Morgan fingerprint density at radius 2 is 1.65 bits per heavy atom. The molecular weight excluding hydrogens is 415 g/mol. The van der Waals surface area contributed by atoms with Crippen LogP contribution in [0.25, 0.3) is 11.5 Å². The van der Waals surface area contributed by atoms with Gasteiger partial charge in [0, 0.05) is 25.7 Å². The average molecular weight is 440 g/mol. The topological polar surface area (TPSA) is 51.6 Å². The number of pyridine rings is 1. The Hall–Kier alpha value is -2.19. The van der Waals surface area contributed by atoms with Crippen LogP contribution in [0.4, 0.5) is 22.0 Å². The molecule has 168 valence electrons. The summed E-state index contributed by atoms with van der Waals surface area (Å²) >= 11 is 0. The van der Waals surface area contributed by atoms with E-state index in [0.29, 0.717) is 49.2 Å². The number of rotatable bonds is 6. The van der Waals surface area contributed by atoms with Crippen LogP contribution in [0, 0.1) is 17.8 Å². The first kappa shape index (κ1) is 22.0. The summed E-state index contributed by atoms with van der Waals surface area (Å²) in [7, 11) is 0. The van der Waals surface area contributed by atoms with Crippen molar-refractivity contribution >= 4 is 0 Å². The highest BCUT2D eigenvalue weighted by molar-refractivity contribution is 5.49. The summed E-state index contributed by atoms with van der Waals surface area (Å²) in [5, 5.41) is 0. The minimum absolute atomic E-state index is 0.0260. The maximum Gasteiger partial charge on any atom is 0.433 e. The summed E-state index contributed by atoms with van der Waals surface area (Å²) in [6, 6.07) is 3.64. The Balaban J connectivity index is 1.62. The van der Waals surface area contributed by atoms with Gasteiger partial charge >= 0.3 is 6.18 Å². The van der Waals surface area contributed by atoms with Crippen LogP contribution in [0.2, 0.25) is 0 Å². The fourth-order valence-corrected chi connectivity index (χ4v) is 4.16. The zero-order valence-corrected chi connectivity index (χ0v) is 17.3. The molecule has 0 saturated heterocycles. The summed E-state index contributed by atoms with van der Waals surface area (Å²) in [6.45, 7) is 2.12. The van der Waals surface area contributed by atoms with Crippen LogP contribution in [0.5, 0.6) is 0 Å². The van der Waals surface area contributed by atoms with Crippen molar-refractivity contribution in [3.8, 4) is 11.5 Å². The monoisotopic (exact) mass is 440 g/mol. The smallest absolute Gasteiger partial charge is 0.240 e. The molecule has 0 aromatic carbocycles. The first-order valence-corrected chi connectivity index (χ1v) is 10.8. The molecule has 0 N–H and O–H groups in total. The predicted octanol–water partition coefficient (Wildman–Crippen LogP) is 5.91. The summed E-state index contributed by atoms with van der Waals surface area (Å²) in [4.78, 5) is 17.1.